The number of carbonyl (C=O) groups is 1. The normalized spacial score (nSPS) is 10.7. The molecule has 0 atom stereocenters. The third-order valence-electron chi connectivity index (χ3n) is 4.09. The van der Waals surface area contributed by atoms with Gasteiger partial charge >= 0.3 is 5.97 Å². The molecule has 1 aromatic carbocycles. The topological polar surface area (TPSA) is 92.4 Å². The van der Waals surface area contributed by atoms with Crippen molar-refractivity contribution in [2.45, 2.75) is 20.8 Å². The van der Waals surface area contributed by atoms with Gasteiger partial charge in [-0.3, -0.25) is 0 Å². The number of benzene rings is 1. The van der Waals surface area contributed by atoms with Crippen LogP contribution in [0.3, 0.4) is 0 Å². The number of hydrogen-bond acceptors (Lipinski definition) is 6. The summed E-state index contributed by atoms with van der Waals surface area (Å²) in [5.41, 5.74) is 2.58. The Morgan fingerprint density at radius 1 is 1.08 bits per heavy atom. The van der Waals surface area contributed by atoms with Crippen LogP contribution in [0.2, 0.25) is 0 Å². The lowest BCUT2D eigenvalue weighted by molar-refractivity contribution is 0.0697. The van der Waals surface area contributed by atoms with Gasteiger partial charge in [-0.25, -0.2) is 9.78 Å². The summed E-state index contributed by atoms with van der Waals surface area (Å²) in [6, 6.07) is 10.2. The molecule has 2 heterocycles. The van der Waals surface area contributed by atoms with E-state index in [-0.39, 0.29) is 5.56 Å². The summed E-state index contributed by atoms with van der Waals surface area (Å²) in [6.45, 7) is 7.81. The van der Waals surface area contributed by atoms with Crippen LogP contribution in [0.15, 0.2) is 40.9 Å². The third-order valence-corrected chi connectivity index (χ3v) is 4.09. The Labute approximate surface area is 151 Å². The predicted octanol–water partition coefficient (Wildman–Crippen LogP) is 3.65. The lowest BCUT2D eigenvalue weighted by Gasteiger charge is -2.20. The van der Waals surface area contributed by atoms with Crippen molar-refractivity contribution in [3.63, 3.8) is 0 Å². The molecular formula is C19H20N4O3. The van der Waals surface area contributed by atoms with Gasteiger partial charge in [-0.2, -0.15) is 4.98 Å². The highest BCUT2D eigenvalue weighted by molar-refractivity contribution is 5.88. The highest BCUT2D eigenvalue weighted by atomic mass is 16.5. The predicted molar refractivity (Wildman–Crippen MR) is 98.2 cm³/mol. The van der Waals surface area contributed by atoms with E-state index in [2.05, 4.69) is 33.9 Å². The number of aromatic carboxylic acids is 1. The summed E-state index contributed by atoms with van der Waals surface area (Å²) >= 11 is 0. The number of rotatable bonds is 6. The smallest absolute Gasteiger partial charge is 0.335 e. The molecule has 1 N–H and O–H groups in total. The van der Waals surface area contributed by atoms with Crippen molar-refractivity contribution in [3.8, 4) is 22.8 Å². The zero-order valence-electron chi connectivity index (χ0n) is 14.9. The van der Waals surface area contributed by atoms with Gasteiger partial charge in [0.25, 0.3) is 5.89 Å². The van der Waals surface area contributed by atoms with Crippen LogP contribution in [0.5, 0.6) is 0 Å². The molecule has 0 unspecified atom stereocenters. The van der Waals surface area contributed by atoms with Crippen LogP contribution in [0.4, 0.5) is 5.82 Å². The summed E-state index contributed by atoms with van der Waals surface area (Å²) < 4.78 is 5.42. The molecule has 0 radical (unpaired) electrons. The molecule has 26 heavy (non-hydrogen) atoms. The van der Waals surface area contributed by atoms with Crippen LogP contribution in [-0.4, -0.2) is 39.3 Å². The maximum atomic E-state index is 10.9. The van der Waals surface area contributed by atoms with E-state index in [1.165, 1.54) is 12.1 Å². The number of nitrogens with zero attached hydrogens (tertiary/aromatic N) is 4. The Balaban J connectivity index is 1.93. The highest BCUT2D eigenvalue weighted by Gasteiger charge is 2.14. The van der Waals surface area contributed by atoms with Gasteiger partial charge in [0.05, 0.1) is 5.56 Å². The van der Waals surface area contributed by atoms with E-state index in [1.807, 2.05) is 19.1 Å². The lowest BCUT2D eigenvalue weighted by Crippen LogP contribution is -2.23. The van der Waals surface area contributed by atoms with Crippen molar-refractivity contribution in [3.05, 3.63) is 47.7 Å². The molecule has 0 spiro atoms. The molecule has 0 bridgehead atoms. The van der Waals surface area contributed by atoms with Gasteiger partial charge in [-0.05, 0) is 45.0 Å². The zero-order valence-corrected chi connectivity index (χ0v) is 14.9. The minimum Gasteiger partial charge on any atom is -0.478 e. The molecule has 0 aliphatic carbocycles. The van der Waals surface area contributed by atoms with Gasteiger partial charge in [0.1, 0.15) is 5.82 Å². The second-order valence-corrected chi connectivity index (χ2v) is 5.83. The molecule has 3 rings (SSSR count). The first-order chi connectivity index (χ1) is 12.5. The molecular weight excluding hydrogens is 332 g/mol. The van der Waals surface area contributed by atoms with Crippen molar-refractivity contribution in [2.24, 2.45) is 0 Å². The highest BCUT2D eigenvalue weighted by Crippen LogP contribution is 2.26. The Morgan fingerprint density at radius 2 is 1.77 bits per heavy atom. The van der Waals surface area contributed by atoms with Crippen LogP contribution >= 0.6 is 0 Å². The average Bonchev–Trinajstić information content (AvgIpc) is 3.12. The van der Waals surface area contributed by atoms with Crippen molar-refractivity contribution in [2.75, 3.05) is 18.0 Å². The lowest BCUT2D eigenvalue weighted by atomic mass is 10.1. The molecule has 0 saturated heterocycles. The first-order valence-electron chi connectivity index (χ1n) is 8.43. The molecule has 0 fully saturated rings. The van der Waals surface area contributed by atoms with E-state index in [9.17, 15) is 4.79 Å². The molecule has 134 valence electrons. The van der Waals surface area contributed by atoms with Gasteiger partial charge in [-0.1, -0.05) is 17.3 Å². The number of anilines is 1. The molecule has 0 amide bonds. The van der Waals surface area contributed by atoms with Crippen LogP contribution in [0.25, 0.3) is 22.8 Å². The number of aryl methyl sites for hydroxylation is 1. The van der Waals surface area contributed by atoms with E-state index in [0.29, 0.717) is 17.3 Å². The standard InChI is InChI=1S/C19H20N4O3/c1-4-23(5-2)16-11-15(10-12(3)20-16)18-21-17(22-26-18)13-6-8-14(9-7-13)19(24)25/h6-11H,4-5H2,1-3H3,(H,24,25). The van der Waals surface area contributed by atoms with E-state index < -0.39 is 5.97 Å². The monoisotopic (exact) mass is 352 g/mol. The fourth-order valence-electron chi connectivity index (χ4n) is 2.70. The molecule has 2 aromatic heterocycles. The molecule has 0 aliphatic rings. The Hall–Kier alpha value is -3.22. The van der Waals surface area contributed by atoms with Crippen molar-refractivity contribution < 1.29 is 14.4 Å². The molecule has 3 aromatic rings. The van der Waals surface area contributed by atoms with E-state index >= 15 is 0 Å². The van der Waals surface area contributed by atoms with Crippen LogP contribution in [-0.2, 0) is 0 Å². The number of carboxylic acid groups (broad SMARTS) is 1. The van der Waals surface area contributed by atoms with Crippen LogP contribution < -0.4 is 4.90 Å². The maximum Gasteiger partial charge on any atom is 0.335 e. The molecule has 0 aliphatic heterocycles. The quantitative estimate of drug-likeness (QED) is 0.724. The van der Waals surface area contributed by atoms with Gasteiger partial charge in [0, 0.05) is 29.9 Å². The van der Waals surface area contributed by atoms with Gasteiger partial charge < -0.3 is 14.5 Å². The number of carboxylic acids is 1. The Morgan fingerprint density at radius 3 is 2.38 bits per heavy atom. The van der Waals surface area contributed by atoms with Gasteiger partial charge in [0.15, 0.2) is 0 Å². The fourth-order valence-corrected chi connectivity index (χ4v) is 2.70. The van der Waals surface area contributed by atoms with E-state index in [1.54, 1.807) is 12.1 Å². The van der Waals surface area contributed by atoms with E-state index in [0.717, 1.165) is 30.2 Å². The zero-order chi connectivity index (χ0) is 18.7. The number of hydrogen-bond donors (Lipinski definition) is 1. The van der Waals surface area contributed by atoms with Crippen LogP contribution in [0.1, 0.15) is 29.9 Å². The third kappa shape index (κ3) is 3.56. The van der Waals surface area contributed by atoms with Crippen molar-refractivity contribution in [1.29, 1.82) is 0 Å². The largest absolute Gasteiger partial charge is 0.478 e. The fraction of sp³-hybridized carbons (Fsp3) is 0.263. The summed E-state index contributed by atoms with van der Waals surface area (Å²) in [4.78, 5) is 22.1. The SMILES string of the molecule is CCN(CC)c1cc(-c2nc(-c3ccc(C(=O)O)cc3)no2)cc(C)n1. The molecule has 7 nitrogen and oxygen atoms in total. The number of pyridine rings is 1. The van der Waals surface area contributed by atoms with Crippen molar-refractivity contribution in [1.82, 2.24) is 15.1 Å². The minimum absolute atomic E-state index is 0.214. The number of aromatic nitrogens is 3. The second kappa shape index (κ2) is 7.35. The second-order valence-electron chi connectivity index (χ2n) is 5.83. The average molecular weight is 352 g/mol. The Bertz CT molecular complexity index is 915. The summed E-state index contributed by atoms with van der Waals surface area (Å²) in [6.07, 6.45) is 0. The van der Waals surface area contributed by atoms with Gasteiger partial charge in [0.2, 0.25) is 5.82 Å². The molecule has 7 heteroatoms. The van der Waals surface area contributed by atoms with Crippen LogP contribution in [0, 0.1) is 6.92 Å². The maximum absolute atomic E-state index is 10.9. The Kier molecular flexibility index (Phi) is 4.97. The first-order valence-corrected chi connectivity index (χ1v) is 8.43. The van der Waals surface area contributed by atoms with Gasteiger partial charge in [-0.15, -0.1) is 0 Å². The van der Waals surface area contributed by atoms with E-state index in [4.69, 9.17) is 9.63 Å². The summed E-state index contributed by atoms with van der Waals surface area (Å²) in [7, 11) is 0. The van der Waals surface area contributed by atoms with Crippen molar-refractivity contribution >= 4 is 11.8 Å². The first kappa shape index (κ1) is 17.6. The summed E-state index contributed by atoms with van der Waals surface area (Å²) in [5, 5.41) is 13.0. The molecule has 0 saturated carbocycles. The summed E-state index contributed by atoms with van der Waals surface area (Å²) in [5.74, 6) is 0.717. The minimum atomic E-state index is -0.971.